The van der Waals surface area contributed by atoms with Crippen LogP contribution in [-0.4, -0.2) is 49.4 Å². The summed E-state index contributed by atoms with van der Waals surface area (Å²) >= 11 is 0. The third-order valence-electron chi connectivity index (χ3n) is 4.76. The number of carbonyl (C=O) groups excluding carboxylic acids is 2. The molecule has 7 heteroatoms. The first-order valence-corrected chi connectivity index (χ1v) is 8.78. The van der Waals surface area contributed by atoms with Gasteiger partial charge in [0, 0.05) is 32.1 Å². The molecule has 1 aliphatic heterocycles. The molecule has 1 saturated heterocycles. The Morgan fingerprint density at radius 2 is 2.07 bits per heavy atom. The molecule has 0 bridgehead atoms. The van der Waals surface area contributed by atoms with Gasteiger partial charge in [0.05, 0.1) is 32.9 Å². The van der Waals surface area contributed by atoms with Crippen LogP contribution in [0.2, 0.25) is 0 Å². The summed E-state index contributed by atoms with van der Waals surface area (Å²) < 4.78 is 16.0. The molecule has 0 spiro atoms. The van der Waals surface area contributed by atoms with E-state index in [9.17, 15) is 9.59 Å². The van der Waals surface area contributed by atoms with Crippen molar-refractivity contribution >= 4 is 11.8 Å². The van der Waals surface area contributed by atoms with Crippen LogP contribution in [0.4, 0.5) is 0 Å². The molecular formula is C20H24N2O5. The normalized spacial score (nSPS) is 16.5. The van der Waals surface area contributed by atoms with Crippen LogP contribution >= 0.6 is 0 Å². The molecule has 1 atom stereocenters. The third-order valence-corrected chi connectivity index (χ3v) is 4.76. The summed E-state index contributed by atoms with van der Waals surface area (Å²) in [5.74, 6) is 1.50. The highest BCUT2D eigenvalue weighted by atomic mass is 16.5. The van der Waals surface area contributed by atoms with E-state index in [1.54, 1.807) is 43.4 Å². The maximum atomic E-state index is 12.8. The van der Waals surface area contributed by atoms with Crippen LogP contribution in [0.3, 0.4) is 0 Å². The summed E-state index contributed by atoms with van der Waals surface area (Å²) in [4.78, 5) is 28.4. The van der Waals surface area contributed by atoms with Crippen molar-refractivity contribution in [1.82, 2.24) is 9.80 Å². The number of ether oxygens (including phenoxy) is 2. The number of hydrogen-bond donors (Lipinski definition) is 0. The maximum absolute atomic E-state index is 12.8. The number of carbonyl (C=O) groups is 2. The van der Waals surface area contributed by atoms with Gasteiger partial charge in [0.15, 0.2) is 11.5 Å². The largest absolute Gasteiger partial charge is 0.493 e. The van der Waals surface area contributed by atoms with Gasteiger partial charge in [0.25, 0.3) is 0 Å². The molecule has 0 unspecified atom stereocenters. The van der Waals surface area contributed by atoms with Crippen molar-refractivity contribution in [3.05, 3.63) is 47.9 Å². The Balaban J connectivity index is 1.65. The van der Waals surface area contributed by atoms with Gasteiger partial charge in [0.2, 0.25) is 11.8 Å². The van der Waals surface area contributed by atoms with Crippen molar-refractivity contribution < 1.29 is 23.5 Å². The fourth-order valence-electron chi connectivity index (χ4n) is 3.40. The Labute approximate surface area is 158 Å². The van der Waals surface area contributed by atoms with Crippen LogP contribution in [0, 0.1) is 5.92 Å². The summed E-state index contributed by atoms with van der Waals surface area (Å²) in [5, 5.41) is 0. The SMILES string of the molecule is COc1cccc(CN(C)C(=O)[C@H]2CC(=O)N(Cc3ccco3)C2)c1OC. The van der Waals surface area contributed by atoms with Crippen molar-refractivity contribution in [1.29, 1.82) is 0 Å². The Morgan fingerprint density at radius 1 is 1.26 bits per heavy atom. The van der Waals surface area contributed by atoms with Gasteiger partial charge >= 0.3 is 0 Å². The standard InChI is InChI=1S/C20H24N2O5/c1-21(11-14-6-4-8-17(25-2)19(14)26-3)20(24)15-10-18(23)22(12-15)13-16-7-5-9-27-16/h4-9,15H,10-13H2,1-3H3/t15-/m0/s1. The minimum absolute atomic E-state index is 0.0305. The fraction of sp³-hybridized carbons (Fsp3) is 0.400. The minimum Gasteiger partial charge on any atom is -0.493 e. The van der Waals surface area contributed by atoms with E-state index in [0.717, 1.165) is 5.56 Å². The molecular weight excluding hydrogens is 348 g/mol. The van der Waals surface area contributed by atoms with Crippen LogP contribution in [0.15, 0.2) is 41.0 Å². The Bertz CT molecular complexity index is 803. The Hall–Kier alpha value is -2.96. The number of benzene rings is 1. The first-order chi connectivity index (χ1) is 13.0. The number of likely N-dealkylation sites (tertiary alicyclic amines) is 1. The van der Waals surface area contributed by atoms with Crippen molar-refractivity contribution in [3.8, 4) is 11.5 Å². The van der Waals surface area contributed by atoms with Crippen molar-refractivity contribution in [3.63, 3.8) is 0 Å². The summed E-state index contributed by atoms with van der Waals surface area (Å²) in [6, 6.07) is 9.18. The lowest BCUT2D eigenvalue weighted by Gasteiger charge is -2.23. The predicted octanol–water partition coefficient (Wildman–Crippen LogP) is 2.30. The second kappa shape index (κ2) is 8.16. The van der Waals surface area contributed by atoms with Gasteiger partial charge in [0.1, 0.15) is 5.76 Å². The van der Waals surface area contributed by atoms with E-state index in [0.29, 0.717) is 36.9 Å². The zero-order valence-corrected chi connectivity index (χ0v) is 15.8. The van der Waals surface area contributed by atoms with Gasteiger partial charge in [-0.3, -0.25) is 9.59 Å². The van der Waals surface area contributed by atoms with E-state index in [1.807, 2.05) is 24.3 Å². The Morgan fingerprint density at radius 3 is 2.74 bits per heavy atom. The van der Waals surface area contributed by atoms with Crippen LogP contribution in [0.5, 0.6) is 11.5 Å². The van der Waals surface area contributed by atoms with E-state index in [2.05, 4.69) is 0 Å². The average Bonchev–Trinajstić information content (AvgIpc) is 3.31. The zero-order valence-electron chi connectivity index (χ0n) is 15.8. The molecule has 1 fully saturated rings. The summed E-state index contributed by atoms with van der Waals surface area (Å²) in [7, 11) is 4.89. The van der Waals surface area contributed by atoms with Gasteiger partial charge in [-0.2, -0.15) is 0 Å². The lowest BCUT2D eigenvalue weighted by molar-refractivity contribution is -0.135. The van der Waals surface area contributed by atoms with Crippen LogP contribution < -0.4 is 9.47 Å². The van der Waals surface area contributed by atoms with Crippen LogP contribution in [-0.2, 0) is 22.7 Å². The quantitative estimate of drug-likeness (QED) is 0.746. The first kappa shape index (κ1) is 18.8. The lowest BCUT2D eigenvalue weighted by Crippen LogP contribution is -2.34. The highest BCUT2D eigenvalue weighted by Crippen LogP contribution is 2.32. The van der Waals surface area contributed by atoms with Gasteiger partial charge < -0.3 is 23.7 Å². The molecule has 1 aliphatic rings. The third kappa shape index (κ3) is 4.07. The van der Waals surface area contributed by atoms with Gasteiger partial charge in [-0.05, 0) is 18.2 Å². The average molecular weight is 372 g/mol. The first-order valence-electron chi connectivity index (χ1n) is 8.78. The predicted molar refractivity (Wildman–Crippen MR) is 98.3 cm³/mol. The molecule has 0 saturated carbocycles. The number of hydrogen-bond acceptors (Lipinski definition) is 5. The smallest absolute Gasteiger partial charge is 0.228 e. The molecule has 0 radical (unpaired) electrons. The van der Waals surface area contributed by atoms with E-state index >= 15 is 0 Å². The minimum atomic E-state index is -0.353. The van der Waals surface area contributed by atoms with E-state index in [4.69, 9.17) is 13.9 Å². The highest BCUT2D eigenvalue weighted by molar-refractivity contribution is 5.89. The van der Waals surface area contributed by atoms with E-state index in [-0.39, 0.29) is 24.2 Å². The number of nitrogens with zero attached hydrogens (tertiary/aromatic N) is 2. The number of amides is 2. The lowest BCUT2D eigenvalue weighted by atomic mass is 10.1. The summed E-state index contributed by atoms with van der Waals surface area (Å²) in [6.07, 6.45) is 1.80. The number of methoxy groups -OCH3 is 2. The summed E-state index contributed by atoms with van der Waals surface area (Å²) in [5.41, 5.74) is 0.851. The number of furan rings is 1. The number of rotatable bonds is 7. The second-order valence-corrected chi connectivity index (χ2v) is 6.60. The van der Waals surface area contributed by atoms with Crippen molar-refractivity contribution in [2.24, 2.45) is 5.92 Å². The topological polar surface area (TPSA) is 72.2 Å². The molecule has 144 valence electrons. The highest BCUT2D eigenvalue weighted by Gasteiger charge is 2.36. The van der Waals surface area contributed by atoms with Crippen molar-refractivity contribution in [2.75, 3.05) is 27.8 Å². The summed E-state index contributed by atoms with van der Waals surface area (Å²) in [6.45, 7) is 1.17. The molecule has 2 amide bonds. The van der Waals surface area contributed by atoms with Gasteiger partial charge in [-0.1, -0.05) is 12.1 Å². The van der Waals surface area contributed by atoms with Crippen LogP contribution in [0.1, 0.15) is 17.7 Å². The zero-order chi connectivity index (χ0) is 19.4. The maximum Gasteiger partial charge on any atom is 0.228 e. The molecule has 3 rings (SSSR count). The number of para-hydroxylation sites is 1. The molecule has 2 aromatic rings. The molecule has 0 aliphatic carbocycles. The molecule has 1 aromatic carbocycles. The molecule has 0 N–H and O–H groups in total. The Kier molecular flexibility index (Phi) is 5.69. The van der Waals surface area contributed by atoms with Crippen LogP contribution in [0.25, 0.3) is 0 Å². The molecule has 27 heavy (non-hydrogen) atoms. The van der Waals surface area contributed by atoms with Crippen molar-refractivity contribution in [2.45, 2.75) is 19.5 Å². The molecule has 2 heterocycles. The fourth-order valence-corrected chi connectivity index (χ4v) is 3.40. The monoisotopic (exact) mass is 372 g/mol. The van der Waals surface area contributed by atoms with Gasteiger partial charge in [-0.25, -0.2) is 0 Å². The van der Waals surface area contributed by atoms with E-state index in [1.165, 1.54) is 0 Å². The van der Waals surface area contributed by atoms with Gasteiger partial charge in [-0.15, -0.1) is 0 Å². The molecule has 7 nitrogen and oxygen atoms in total. The second-order valence-electron chi connectivity index (χ2n) is 6.60. The molecule has 1 aromatic heterocycles. The van der Waals surface area contributed by atoms with E-state index < -0.39 is 0 Å².